The molecule has 2 atom stereocenters. The van der Waals surface area contributed by atoms with Gasteiger partial charge in [-0.2, -0.15) is 0 Å². The molecule has 2 unspecified atom stereocenters. The number of aliphatic carboxylic acids is 1. The maximum atomic E-state index is 13.0. The van der Waals surface area contributed by atoms with Gasteiger partial charge in [-0.25, -0.2) is 4.79 Å². The molecule has 0 saturated carbocycles. The van der Waals surface area contributed by atoms with Crippen molar-refractivity contribution in [3.8, 4) is 0 Å². The van der Waals surface area contributed by atoms with Gasteiger partial charge in [-0.1, -0.05) is 308 Å². The largest absolute Gasteiger partial charge is 0.477 e. The maximum absolute atomic E-state index is 13.0. The van der Waals surface area contributed by atoms with Crippen molar-refractivity contribution in [3.63, 3.8) is 0 Å². The molecule has 0 heterocycles. The molecule has 1 N–H and O–H groups in total. The molecule has 0 bridgehead atoms. The van der Waals surface area contributed by atoms with Crippen LogP contribution in [0.25, 0.3) is 0 Å². The van der Waals surface area contributed by atoms with E-state index in [1.54, 1.807) is 0 Å². The Morgan fingerprint density at radius 3 is 0.899 bits per heavy atom. The van der Waals surface area contributed by atoms with Gasteiger partial charge in [0.05, 0.1) is 34.4 Å². The highest BCUT2D eigenvalue weighted by molar-refractivity contribution is 5.71. The van der Waals surface area contributed by atoms with E-state index in [4.69, 9.17) is 18.9 Å². The Morgan fingerprint density at radius 2 is 0.607 bits per heavy atom. The van der Waals surface area contributed by atoms with Gasteiger partial charge >= 0.3 is 17.9 Å². The Balaban J connectivity index is 4.11. The highest BCUT2D eigenvalue weighted by atomic mass is 16.7. The predicted molar refractivity (Wildman–Crippen MR) is 382 cm³/mol. The molecule has 0 rings (SSSR count). The summed E-state index contributed by atoms with van der Waals surface area (Å²) >= 11 is 0. The quantitative estimate of drug-likeness (QED) is 0.0211. The lowest BCUT2D eigenvalue weighted by Crippen LogP contribution is -2.40. The van der Waals surface area contributed by atoms with Crippen molar-refractivity contribution >= 4 is 17.9 Å². The van der Waals surface area contributed by atoms with E-state index >= 15 is 0 Å². The molecular weight excluding hydrogens is 1100 g/mol. The van der Waals surface area contributed by atoms with Crippen LogP contribution in [0, 0.1) is 0 Å². The zero-order valence-corrected chi connectivity index (χ0v) is 58.0. The summed E-state index contributed by atoms with van der Waals surface area (Å²) in [6, 6.07) is 0. The monoisotopic (exact) mass is 1240 g/mol. The Bertz CT molecular complexity index is 1930. The fourth-order valence-electron chi connectivity index (χ4n) is 9.93. The van der Waals surface area contributed by atoms with Crippen molar-refractivity contribution in [3.05, 3.63) is 134 Å². The number of quaternary nitrogens is 1. The molecule has 0 aliphatic rings. The number of esters is 2. The number of carbonyl (C=O) groups is 3. The lowest BCUT2D eigenvalue weighted by atomic mass is 10.0. The Kier molecular flexibility index (Phi) is 65.8. The molecule has 0 fully saturated rings. The number of unbranched alkanes of at least 4 members (excludes halogenated alkanes) is 29. The first kappa shape index (κ1) is 84.4. The summed E-state index contributed by atoms with van der Waals surface area (Å²) < 4.78 is 23.0. The third kappa shape index (κ3) is 70.7. The highest BCUT2D eigenvalue weighted by Gasteiger charge is 2.25. The number of carbonyl (C=O) groups excluding carboxylic acids is 2. The average molecular weight is 1240 g/mol. The zero-order valence-electron chi connectivity index (χ0n) is 58.0. The summed E-state index contributed by atoms with van der Waals surface area (Å²) in [4.78, 5) is 37.7. The van der Waals surface area contributed by atoms with Gasteiger partial charge in [0.2, 0.25) is 0 Å². The van der Waals surface area contributed by atoms with Crippen LogP contribution in [0.2, 0.25) is 0 Å². The third-order valence-corrected chi connectivity index (χ3v) is 15.4. The van der Waals surface area contributed by atoms with Crippen molar-refractivity contribution in [2.24, 2.45) is 0 Å². The molecule has 9 heteroatoms. The summed E-state index contributed by atoms with van der Waals surface area (Å²) in [7, 11) is 5.98. The Hall–Kier alpha value is -4.57. The lowest BCUT2D eigenvalue weighted by Gasteiger charge is -2.25. The molecule has 508 valence electrons. The summed E-state index contributed by atoms with van der Waals surface area (Å²) in [6.07, 6.45) is 97.1. The van der Waals surface area contributed by atoms with E-state index < -0.39 is 24.3 Å². The van der Waals surface area contributed by atoms with Crippen LogP contribution in [0.5, 0.6) is 0 Å². The van der Waals surface area contributed by atoms with E-state index in [1.165, 1.54) is 161 Å². The van der Waals surface area contributed by atoms with E-state index in [1.807, 2.05) is 21.1 Å². The zero-order chi connectivity index (χ0) is 64.7. The minimum Gasteiger partial charge on any atom is -0.477 e. The Morgan fingerprint density at radius 1 is 0.337 bits per heavy atom. The summed E-state index contributed by atoms with van der Waals surface area (Å²) in [5, 5.41) is 9.76. The van der Waals surface area contributed by atoms with Crippen molar-refractivity contribution in [1.82, 2.24) is 0 Å². The fraction of sp³-hybridized carbons (Fsp3) is 0.688. The third-order valence-electron chi connectivity index (χ3n) is 15.4. The second-order valence-electron chi connectivity index (χ2n) is 25.1. The van der Waals surface area contributed by atoms with E-state index in [0.717, 1.165) is 103 Å². The standard InChI is InChI=1S/C80H135NO8/c1-6-8-10-12-14-16-18-20-22-24-26-28-30-32-34-36-38-39-41-43-45-47-49-51-53-55-57-59-61-63-65-67-69-71-78(83)89-76(75-88-80(79(84)85)86-73-72-81(3,4)5)74-87-77(82)70-68-66-64-62-60-58-56-54-52-50-48-46-44-42-40-37-35-33-31-29-27-25-23-21-19-17-15-13-11-9-7-2/h8-11,14-17,20-23,26-29,32-35,38-39,76,80H,6-7,12-13,18-19,24-25,30-31,36-37,40-75H2,1-5H3/p+1/b10-8-,11-9-,16-14-,17-15-,22-20-,23-21-,28-26-,29-27-,34-32-,35-33-,39-38-. The second kappa shape index (κ2) is 69.3. The summed E-state index contributed by atoms with van der Waals surface area (Å²) in [5.74, 6) is -2.00. The van der Waals surface area contributed by atoms with Gasteiger partial charge in [0.1, 0.15) is 13.2 Å². The normalized spacial score (nSPS) is 13.5. The predicted octanol–water partition coefficient (Wildman–Crippen LogP) is 22.9. The first-order valence-corrected chi connectivity index (χ1v) is 36.3. The van der Waals surface area contributed by atoms with Crippen molar-refractivity contribution in [2.75, 3.05) is 47.5 Å². The fourth-order valence-corrected chi connectivity index (χ4v) is 9.93. The van der Waals surface area contributed by atoms with Crippen LogP contribution in [0.3, 0.4) is 0 Å². The van der Waals surface area contributed by atoms with Crippen LogP contribution >= 0.6 is 0 Å². The number of hydrogen-bond acceptors (Lipinski definition) is 7. The minimum absolute atomic E-state index is 0.183. The molecule has 9 nitrogen and oxygen atoms in total. The molecule has 0 aliphatic heterocycles. The van der Waals surface area contributed by atoms with Crippen LogP contribution < -0.4 is 0 Å². The summed E-state index contributed by atoms with van der Waals surface area (Å²) in [5.41, 5.74) is 0. The van der Waals surface area contributed by atoms with Crippen LogP contribution in [0.15, 0.2) is 134 Å². The van der Waals surface area contributed by atoms with E-state index in [0.29, 0.717) is 23.9 Å². The maximum Gasteiger partial charge on any atom is 0.361 e. The molecule has 0 spiro atoms. The molecular formula is C80H136NO8+. The van der Waals surface area contributed by atoms with Gasteiger partial charge in [0.15, 0.2) is 6.10 Å². The molecule has 0 aromatic carbocycles. The van der Waals surface area contributed by atoms with Crippen molar-refractivity contribution in [2.45, 2.75) is 309 Å². The van der Waals surface area contributed by atoms with E-state index in [2.05, 4.69) is 148 Å². The van der Waals surface area contributed by atoms with Gasteiger partial charge in [-0.15, -0.1) is 0 Å². The molecule has 0 aromatic heterocycles. The second-order valence-corrected chi connectivity index (χ2v) is 25.1. The van der Waals surface area contributed by atoms with Gasteiger partial charge < -0.3 is 28.5 Å². The smallest absolute Gasteiger partial charge is 0.361 e. The van der Waals surface area contributed by atoms with Gasteiger partial charge in [-0.3, -0.25) is 9.59 Å². The van der Waals surface area contributed by atoms with Gasteiger partial charge in [0, 0.05) is 12.8 Å². The number of carboxylic acid groups (broad SMARTS) is 1. The lowest BCUT2D eigenvalue weighted by molar-refractivity contribution is -0.870. The number of rotatable bonds is 66. The first-order valence-electron chi connectivity index (χ1n) is 36.3. The number of likely N-dealkylation sites (N-methyl/N-ethyl adjacent to an activating group) is 1. The number of hydrogen-bond donors (Lipinski definition) is 1. The van der Waals surface area contributed by atoms with Crippen molar-refractivity contribution in [1.29, 1.82) is 0 Å². The first-order chi connectivity index (χ1) is 43.6. The number of ether oxygens (including phenoxy) is 4. The van der Waals surface area contributed by atoms with E-state index in [-0.39, 0.29) is 32.2 Å². The molecule has 0 radical (unpaired) electrons. The SMILES string of the molecule is CC/C=C\C/C=C\C/C=C\C/C=C\C/C=C\C/C=C\CCCCCCCCCCCCCCCCC(=O)OC(COC(=O)CCCCCCCCCCCCCCCCC/C=C\C/C=C\C/C=C\C/C=C\C/C=C\CC)COC(OCC[N+](C)(C)C)C(=O)O. The molecule has 0 amide bonds. The molecule has 0 aromatic rings. The number of carboxylic acids is 1. The van der Waals surface area contributed by atoms with Crippen LogP contribution in [-0.4, -0.2) is 87.4 Å². The molecule has 0 aliphatic carbocycles. The van der Waals surface area contributed by atoms with Crippen LogP contribution in [0.4, 0.5) is 0 Å². The number of allylic oxidation sites excluding steroid dienone is 22. The highest BCUT2D eigenvalue weighted by Crippen LogP contribution is 2.17. The summed E-state index contributed by atoms with van der Waals surface area (Å²) in [6.45, 7) is 4.67. The van der Waals surface area contributed by atoms with Crippen LogP contribution in [-0.2, 0) is 33.3 Å². The average Bonchev–Trinajstić information content (AvgIpc) is 3.64. The van der Waals surface area contributed by atoms with Crippen LogP contribution in [0.1, 0.15) is 296 Å². The Labute approximate surface area is 548 Å². The van der Waals surface area contributed by atoms with Gasteiger partial charge in [-0.05, 0) is 109 Å². The van der Waals surface area contributed by atoms with Gasteiger partial charge in [0.25, 0.3) is 6.29 Å². The minimum atomic E-state index is -1.52. The molecule has 0 saturated heterocycles. The van der Waals surface area contributed by atoms with Crippen molar-refractivity contribution < 1.29 is 42.9 Å². The number of nitrogens with zero attached hydrogens (tertiary/aromatic N) is 1. The molecule has 89 heavy (non-hydrogen) atoms. The van der Waals surface area contributed by atoms with E-state index in [9.17, 15) is 19.5 Å². The topological polar surface area (TPSA) is 108 Å².